The number of halogens is 2. The molecule has 0 bridgehead atoms. The van der Waals surface area contributed by atoms with E-state index in [4.69, 9.17) is 4.74 Å². The first-order valence-corrected chi connectivity index (χ1v) is 8.64. The fourth-order valence-corrected chi connectivity index (χ4v) is 3.10. The van der Waals surface area contributed by atoms with Crippen LogP contribution in [0.15, 0.2) is 42.5 Å². The van der Waals surface area contributed by atoms with Gasteiger partial charge in [0.1, 0.15) is 6.04 Å². The van der Waals surface area contributed by atoms with E-state index in [0.29, 0.717) is 11.3 Å². The van der Waals surface area contributed by atoms with Crippen molar-refractivity contribution in [3.8, 4) is 11.5 Å². The summed E-state index contributed by atoms with van der Waals surface area (Å²) >= 11 is 0. The average Bonchev–Trinajstić information content (AvgIpc) is 2.87. The van der Waals surface area contributed by atoms with Gasteiger partial charge in [-0.3, -0.25) is 14.6 Å². The van der Waals surface area contributed by atoms with Crippen LogP contribution in [0.1, 0.15) is 18.1 Å². The van der Waals surface area contributed by atoms with Gasteiger partial charge in [-0.25, -0.2) is 4.79 Å². The third-order valence-corrected chi connectivity index (χ3v) is 4.54. The molecule has 148 valence electrons. The van der Waals surface area contributed by atoms with Gasteiger partial charge in [0, 0.05) is 5.69 Å². The second kappa shape index (κ2) is 7.84. The summed E-state index contributed by atoms with van der Waals surface area (Å²) < 4.78 is 34.4. The van der Waals surface area contributed by atoms with Gasteiger partial charge in [-0.05, 0) is 43.7 Å². The largest absolute Gasteiger partial charge is 0.493 e. The van der Waals surface area contributed by atoms with E-state index >= 15 is 0 Å². The van der Waals surface area contributed by atoms with Crippen LogP contribution in [0.25, 0.3) is 0 Å². The van der Waals surface area contributed by atoms with Gasteiger partial charge >= 0.3 is 12.6 Å². The molecular weight excluding hydrogens is 370 g/mol. The minimum Gasteiger partial charge on any atom is -0.493 e. The van der Waals surface area contributed by atoms with E-state index in [1.54, 1.807) is 19.1 Å². The number of hydrogen-bond acceptors (Lipinski definition) is 4. The highest BCUT2D eigenvalue weighted by Crippen LogP contribution is 2.32. The molecule has 1 fully saturated rings. The van der Waals surface area contributed by atoms with E-state index in [-0.39, 0.29) is 24.0 Å². The smallest absolute Gasteiger partial charge is 0.387 e. The van der Waals surface area contributed by atoms with Crippen molar-refractivity contribution in [2.24, 2.45) is 0 Å². The molecule has 3 amide bonds. The number of carbonyl (C=O) groups is 2. The van der Waals surface area contributed by atoms with Crippen molar-refractivity contribution < 1.29 is 27.8 Å². The van der Waals surface area contributed by atoms with Crippen molar-refractivity contribution in [3.63, 3.8) is 0 Å². The standard InChI is InChI=1S/C20H20F2N2O4/c1-12-4-7-15(8-5-12)24-13(2)18(25)23(20(24)26)11-14-6-9-16(28-19(21)22)17(10-14)27-3/h4-10,13,19H,11H2,1-3H3/t13-/m1/s1. The number of rotatable bonds is 6. The fourth-order valence-electron chi connectivity index (χ4n) is 3.10. The molecule has 0 aromatic heterocycles. The number of aryl methyl sites for hydroxylation is 1. The summed E-state index contributed by atoms with van der Waals surface area (Å²) in [6, 6.07) is 10.6. The third kappa shape index (κ3) is 3.76. The van der Waals surface area contributed by atoms with E-state index in [0.717, 1.165) is 10.5 Å². The van der Waals surface area contributed by atoms with Gasteiger partial charge in [0.05, 0.1) is 13.7 Å². The van der Waals surface area contributed by atoms with Crippen LogP contribution in [0.4, 0.5) is 19.3 Å². The van der Waals surface area contributed by atoms with Crippen molar-refractivity contribution in [2.45, 2.75) is 33.0 Å². The topological polar surface area (TPSA) is 59.1 Å². The molecule has 1 atom stereocenters. The van der Waals surface area contributed by atoms with Crippen LogP contribution < -0.4 is 14.4 Å². The van der Waals surface area contributed by atoms with Gasteiger partial charge < -0.3 is 9.47 Å². The number of ether oxygens (including phenoxy) is 2. The molecule has 1 saturated heterocycles. The fraction of sp³-hybridized carbons (Fsp3) is 0.300. The second-order valence-electron chi connectivity index (χ2n) is 6.45. The maximum absolute atomic E-state index is 12.9. The Hall–Kier alpha value is -3.16. The second-order valence-corrected chi connectivity index (χ2v) is 6.45. The normalized spacial score (nSPS) is 16.9. The van der Waals surface area contributed by atoms with Crippen LogP contribution >= 0.6 is 0 Å². The first kappa shape index (κ1) is 19.6. The van der Waals surface area contributed by atoms with Crippen molar-refractivity contribution in [3.05, 3.63) is 53.6 Å². The number of amides is 3. The molecule has 1 aliphatic rings. The summed E-state index contributed by atoms with van der Waals surface area (Å²) in [5.74, 6) is -0.354. The van der Waals surface area contributed by atoms with E-state index in [9.17, 15) is 18.4 Å². The Morgan fingerprint density at radius 2 is 1.75 bits per heavy atom. The van der Waals surface area contributed by atoms with Crippen LogP contribution in [0.5, 0.6) is 11.5 Å². The monoisotopic (exact) mass is 390 g/mol. The van der Waals surface area contributed by atoms with Crippen molar-refractivity contribution >= 4 is 17.6 Å². The van der Waals surface area contributed by atoms with E-state index in [1.165, 1.54) is 30.2 Å². The number of benzene rings is 2. The zero-order valence-corrected chi connectivity index (χ0v) is 15.7. The average molecular weight is 390 g/mol. The number of imide groups is 1. The van der Waals surface area contributed by atoms with Crippen molar-refractivity contribution in [1.82, 2.24) is 4.90 Å². The highest BCUT2D eigenvalue weighted by Gasteiger charge is 2.43. The Morgan fingerprint density at radius 1 is 1.07 bits per heavy atom. The summed E-state index contributed by atoms with van der Waals surface area (Å²) in [6.45, 7) is 0.617. The molecule has 6 nitrogen and oxygen atoms in total. The van der Waals surface area contributed by atoms with Gasteiger partial charge in [-0.1, -0.05) is 23.8 Å². The first-order chi connectivity index (χ1) is 13.3. The predicted molar refractivity (Wildman–Crippen MR) is 98.7 cm³/mol. The molecule has 0 unspecified atom stereocenters. The number of urea groups is 1. The summed E-state index contributed by atoms with van der Waals surface area (Å²) in [7, 11) is 1.32. The zero-order chi connectivity index (χ0) is 20.4. The van der Waals surface area contributed by atoms with Crippen molar-refractivity contribution in [2.75, 3.05) is 12.0 Å². The third-order valence-electron chi connectivity index (χ3n) is 4.54. The molecule has 2 aromatic carbocycles. The van der Waals surface area contributed by atoms with Crippen LogP contribution in [-0.4, -0.2) is 36.6 Å². The van der Waals surface area contributed by atoms with Gasteiger partial charge in [0.25, 0.3) is 5.91 Å². The van der Waals surface area contributed by atoms with Crippen molar-refractivity contribution in [1.29, 1.82) is 0 Å². The lowest BCUT2D eigenvalue weighted by Gasteiger charge is -2.20. The minimum absolute atomic E-state index is 0.00428. The van der Waals surface area contributed by atoms with Gasteiger partial charge in [0.15, 0.2) is 11.5 Å². The Morgan fingerprint density at radius 3 is 2.36 bits per heavy atom. The lowest BCUT2D eigenvalue weighted by Crippen LogP contribution is -2.33. The molecule has 0 N–H and O–H groups in total. The van der Waals surface area contributed by atoms with E-state index < -0.39 is 18.7 Å². The number of nitrogens with zero attached hydrogens (tertiary/aromatic N) is 2. The molecule has 0 aliphatic carbocycles. The molecule has 3 rings (SSSR count). The van der Waals surface area contributed by atoms with Gasteiger partial charge in [-0.15, -0.1) is 0 Å². The van der Waals surface area contributed by atoms with Crippen LogP contribution in [0, 0.1) is 6.92 Å². The molecule has 1 heterocycles. The molecule has 2 aromatic rings. The number of carbonyl (C=O) groups excluding carboxylic acids is 2. The zero-order valence-electron chi connectivity index (χ0n) is 15.7. The quantitative estimate of drug-likeness (QED) is 0.701. The van der Waals surface area contributed by atoms with Crippen LogP contribution in [0.3, 0.4) is 0 Å². The maximum Gasteiger partial charge on any atom is 0.387 e. The summed E-state index contributed by atoms with van der Waals surface area (Å²) in [6.07, 6.45) is 0. The lowest BCUT2D eigenvalue weighted by atomic mass is 10.2. The van der Waals surface area contributed by atoms with E-state index in [1.807, 2.05) is 19.1 Å². The Kier molecular flexibility index (Phi) is 5.48. The molecule has 28 heavy (non-hydrogen) atoms. The Bertz CT molecular complexity index is 886. The molecule has 0 saturated carbocycles. The summed E-state index contributed by atoms with van der Waals surface area (Å²) in [5.41, 5.74) is 2.24. The number of hydrogen-bond donors (Lipinski definition) is 0. The highest BCUT2D eigenvalue weighted by atomic mass is 19.3. The van der Waals surface area contributed by atoms with Crippen LogP contribution in [0.2, 0.25) is 0 Å². The number of anilines is 1. The van der Waals surface area contributed by atoms with E-state index in [2.05, 4.69) is 4.74 Å². The van der Waals surface area contributed by atoms with Gasteiger partial charge in [-0.2, -0.15) is 8.78 Å². The summed E-state index contributed by atoms with van der Waals surface area (Å²) in [5, 5.41) is 0. The number of methoxy groups -OCH3 is 1. The Labute approximate surface area is 161 Å². The highest BCUT2D eigenvalue weighted by molar-refractivity contribution is 6.13. The minimum atomic E-state index is -2.98. The maximum atomic E-state index is 12.9. The SMILES string of the molecule is COc1cc(CN2C(=O)[C@@H](C)N(c3ccc(C)cc3)C2=O)ccc1OC(F)F. The first-order valence-electron chi connectivity index (χ1n) is 8.64. The Balaban J connectivity index is 1.83. The van der Waals surface area contributed by atoms with Crippen LogP contribution in [-0.2, 0) is 11.3 Å². The number of alkyl halides is 2. The molecule has 1 aliphatic heterocycles. The summed E-state index contributed by atoms with van der Waals surface area (Å²) in [4.78, 5) is 28.1. The molecule has 8 heteroatoms. The lowest BCUT2D eigenvalue weighted by molar-refractivity contribution is -0.127. The molecule has 0 radical (unpaired) electrons. The molecule has 0 spiro atoms. The molecular formula is C20H20F2N2O4. The predicted octanol–water partition coefficient (Wildman–Crippen LogP) is 3.96. The van der Waals surface area contributed by atoms with Gasteiger partial charge in [0.2, 0.25) is 0 Å².